The van der Waals surface area contributed by atoms with Gasteiger partial charge in [-0.15, -0.1) is 0 Å². The number of carbonyl (C=O) groups excluding carboxylic acids is 2. The van der Waals surface area contributed by atoms with Gasteiger partial charge in [0, 0.05) is 5.57 Å². The summed E-state index contributed by atoms with van der Waals surface area (Å²) >= 11 is 0. The summed E-state index contributed by atoms with van der Waals surface area (Å²) in [6, 6.07) is 2.64. The monoisotopic (exact) mass is 250 g/mol. The van der Waals surface area contributed by atoms with Crippen molar-refractivity contribution in [3.63, 3.8) is 0 Å². The van der Waals surface area contributed by atoms with Crippen molar-refractivity contribution in [2.45, 2.75) is 13.8 Å². The number of allylic oxidation sites excluding steroid dienone is 1. The molecule has 0 aliphatic rings. The lowest BCUT2D eigenvalue weighted by Crippen LogP contribution is -2.11. The van der Waals surface area contributed by atoms with Crippen LogP contribution in [-0.4, -0.2) is 24.5 Å². The number of hydrogen-bond acceptors (Lipinski definition) is 5. The Kier molecular flexibility index (Phi) is 4.48. The Morgan fingerprint density at radius 1 is 1.33 bits per heavy atom. The first-order chi connectivity index (χ1) is 8.54. The molecular formula is C13H14O5. The maximum absolute atomic E-state index is 11.6. The number of rotatable bonds is 4. The number of hydrogen-bond donors (Lipinski definition) is 1. The van der Waals surface area contributed by atoms with E-state index in [-0.39, 0.29) is 22.8 Å². The van der Waals surface area contributed by atoms with Crippen molar-refractivity contribution in [3.05, 3.63) is 29.3 Å². The predicted molar refractivity (Wildman–Crippen MR) is 65.1 cm³/mol. The van der Waals surface area contributed by atoms with E-state index >= 15 is 0 Å². The summed E-state index contributed by atoms with van der Waals surface area (Å²) < 4.78 is 10.00. The Bertz CT molecular complexity index is 502. The van der Waals surface area contributed by atoms with E-state index in [1.807, 2.05) is 0 Å². The summed E-state index contributed by atoms with van der Waals surface area (Å²) in [6.07, 6.45) is 2.10. The zero-order valence-electron chi connectivity index (χ0n) is 10.4. The van der Waals surface area contributed by atoms with Crippen molar-refractivity contribution >= 4 is 12.3 Å². The van der Waals surface area contributed by atoms with Gasteiger partial charge in [-0.05, 0) is 26.0 Å². The molecule has 0 amide bonds. The molecule has 5 nitrogen and oxygen atoms in total. The minimum Gasteiger partial charge on any atom is -0.504 e. The van der Waals surface area contributed by atoms with E-state index in [2.05, 4.69) is 0 Å². The average Bonchev–Trinajstić information content (AvgIpc) is 2.38. The van der Waals surface area contributed by atoms with Crippen molar-refractivity contribution in [3.8, 4) is 17.2 Å². The number of carbonyl (C=O) groups is 2. The van der Waals surface area contributed by atoms with Crippen LogP contribution in [-0.2, 0) is 4.79 Å². The molecule has 0 spiro atoms. The van der Waals surface area contributed by atoms with Gasteiger partial charge in [-0.3, -0.25) is 4.79 Å². The molecule has 1 aromatic carbocycles. The summed E-state index contributed by atoms with van der Waals surface area (Å²) in [7, 11) is 1.31. The van der Waals surface area contributed by atoms with Gasteiger partial charge in [-0.25, -0.2) is 4.79 Å². The average molecular weight is 250 g/mol. The van der Waals surface area contributed by atoms with E-state index in [4.69, 9.17) is 9.47 Å². The minimum atomic E-state index is -0.607. The molecule has 0 fully saturated rings. The predicted octanol–water partition coefficient (Wildman–Crippen LogP) is 2.08. The number of methoxy groups -OCH3 is 1. The Hall–Kier alpha value is -2.30. The van der Waals surface area contributed by atoms with Crippen molar-refractivity contribution in [1.29, 1.82) is 0 Å². The van der Waals surface area contributed by atoms with Gasteiger partial charge < -0.3 is 14.6 Å². The molecule has 0 heterocycles. The SMILES string of the molecule is C/C=C(\C)C(=O)Oc1c(C=O)ccc(O)c1OC. The van der Waals surface area contributed by atoms with Gasteiger partial charge >= 0.3 is 5.97 Å². The van der Waals surface area contributed by atoms with Crippen LogP contribution in [0.25, 0.3) is 0 Å². The van der Waals surface area contributed by atoms with Crippen LogP contribution in [0.1, 0.15) is 24.2 Å². The van der Waals surface area contributed by atoms with Gasteiger partial charge in [0.05, 0.1) is 12.7 Å². The molecule has 5 heteroatoms. The summed E-state index contributed by atoms with van der Waals surface area (Å²) in [5.41, 5.74) is 0.513. The number of aldehydes is 1. The van der Waals surface area contributed by atoms with Crippen LogP contribution in [0.5, 0.6) is 17.2 Å². The highest BCUT2D eigenvalue weighted by molar-refractivity contribution is 5.92. The van der Waals surface area contributed by atoms with Crippen LogP contribution in [0, 0.1) is 0 Å². The molecule has 18 heavy (non-hydrogen) atoms. The Labute approximate surface area is 105 Å². The molecule has 0 aliphatic carbocycles. The first-order valence-corrected chi connectivity index (χ1v) is 5.25. The first-order valence-electron chi connectivity index (χ1n) is 5.25. The second kappa shape index (κ2) is 5.86. The smallest absolute Gasteiger partial charge is 0.338 e. The van der Waals surface area contributed by atoms with E-state index in [0.29, 0.717) is 11.9 Å². The van der Waals surface area contributed by atoms with Crippen molar-refractivity contribution < 1.29 is 24.2 Å². The van der Waals surface area contributed by atoms with Gasteiger partial charge in [0.1, 0.15) is 0 Å². The molecule has 0 aromatic heterocycles. The molecule has 1 N–H and O–H groups in total. The molecular weight excluding hydrogens is 236 g/mol. The third kappa shape index (κ3) is 2.68. The summed E-state index contributed by atoms with van der Waals surface area (Å²) in [5.74, 6) is -0.941. The van der Waals surface area contributed by atoms with Gasteiger partial charge in [-0.1, -0.05) is 6.08 Å². The lowest BCUT2D eigenvalue weighted by atomic mass is 10.2. The summed E-state index contributed by atoms with van der Waals surface area (Å²) in [4.78, 5) is 22.5. The second-order valence-corrected chi connectivity index (χ2v) is 3.52. The van der Waals surface area contributed by atoms with Crippen LogP contribution >= 0.6 is 0 Å². The highest BCUT2D eigenvalue weighted by atomic mass is 16.6. The molecule has 0 aliphatic heterocycles. The maximum Gasteiger partial charge on any atom is 0.338 e. The van der Waals surface area contributed by atoms with Crippen LogP contribution < -0.4 is 9.47 Å². The fourth-order valence-electron chi connectivity index (χ4n) is 1.25. The topological polar surface area (TPSA) is 72.8 Å². The molecule has 1 rings (SSSR count). The summed E-state index contributed by atoms with van der Waals surface area (Å²) in [6.45, 7) is 3.27. The van der Waals surface area contributed by atoms with E-state index < -0.39 is 5.97 Å². The molecule has 0 unspecified atom stereocenters. The van der Waals surface area contributed by atoms with Gasteiger partial charge in [0.2, 0.25) is 5.75 Å². The lowest BCUT2D eigenvalue weighted by Gasteiger charge is -2.12. The maximum atomic E-state index is 11.6. The van der Waals surface area contributed by atoms with Gasteiger partial charge in [0.15, 0.2) is 17.8 Å². The van der Waals surface area contributed by atoms with E-state index in [1.165, 1.54) is 19.2 Å². The van der Waals surface area contributed by atoms with Crippen LogP contribution in [0.3, 0.4) is 0 Å². The van der Waals surface area contributed by atoms with E-state index in [1.54, 1.807) is 19.9 Å². The normalized spacial score (nSPS) is 10.9. The highest BCUT2D eigenvalue weighted by Crippen LogP contribution is 2.38. The molecule has 1 aromatic rings. The minimum absolute atomic E-state index is 0.0446. The Morgan fingerprint density at radius 2 is 2.00 bits per heavy atom. The van der Waals surface area contributed by atoms with Crippen molar-refractivity contribution in [2.24, 2.45) is 0 Å². The third-order valence-corrected chi connectivity index (χ3v) is 2.40. The number of phenolic OH excluding ortho intramolecular Hbond substituents is 1. The number of benzene rings is 1. The molecule has 96 valence electrons. The second-order valence-electron chi connectivity index (χ2n) is 3.52. The molecule has 0 radical (unpaired) electrons. The molecule has 0 atom stereocenters. The number of ether oxygens (including phenoxy) is 2. The Balaban J connectivity index is 3.25. The highest BCUT2D eigenvalue weighted by Gasteiger charge is 2.18. The van der Waals surface area contributed by atoms with Crippen LogP contribution in [0.15, 0.2) is 23.8 Å². The van der Waals surface area contributed by atoms with E-state index in [9.17, 15) is 14.7 Å². The van der Waals surface area contributed by atoms with Crippen LogP contribution in [0.4, 0.5) is 0 Å². The van der Waals surface area contributed by atoms with E-state index in [0.717, 1.165) is 0 Å². The standard InChI is InChI=1S/C13H14O5/c1-4-8(2)13(16)18-11-9(7-14)5-6-10(15)12(11)17-3/h4-7,15H,1-3H3/b8-4+. The van der Waals surface area contributed by atoms with Crippen molar-refractivity contribution in [1.82, 2.24) is 0 Å². The number of aromatic hydroxyl groups is 1. The third-order valence-electron chi connectivity index (χ3n) is 2.40. The van der Waals surface area contributed by atoms with Gasteiger partial charge in [0.25, 0.3) is 0 Å². The fraction of sp³-hybridized carbons (Fsp3) is 0.231. The largest absolute Gasteiger partial charge is 0.504 e. The summed E-state index contributed by atoms with van der Waals surface area (Å²) in [5, 5.41) is 9.57. The Morgan fingerprint density at radius 3 is 2.50 bits per heavy atom. The molecule has 0 saturated heterocycles. The fourth-order valence-corrected chi connectivity index (χ4v) is 1.25. The zero-order chi connectivity index (χ0) is 13.7. The first kappa shape index (κ1) is 13.8. The lowest BCUT2D eigenvalue weighted by molar-refractivity contribution is -0.130. The quantitative estimate of drug-likeness (QED) is 0.383. The van der Waals surface area contributed by atoms with Crippen LogP contribution in [0.2, 0.25) is 0 Å². The van der Waals surface area contributed by atoms with Crippen molar-refractivity contribution in [2.75, 3.05) is 7.11 Å². The number of phenols is 1. The number of esters is 1. The molecule has 0 saturated carbocycles. The molecule has 0 bridgehead atoms. The zero-order valence-corrected chi connectivity index (χ0v) is 10.4. The van der Waals surface area contributed by atoms with Gasteiger partial charge in [-0.2, -0.15) is 0 Å².